The van der Waals surface area contributed by atoms with Gasteiger partial charge in [-0.05, 0) is 24.3 Å². The Morgan fingerprint density at radius 3 is 2.17 bits per heavy atom. The van der Waals surface area contributed by atoms with Gasteiger partial charge >= 0.3 is 6.18 Å². The Hall–Kier alpha value is -3.02. The summed E-state index contributed by atoms with van der Waals surface area (Å²) in [5, 5.41) is 3.09. The quantitative estimate of drug-likeness (QED) is 0.296. The van der Waals surface area contributed by atoms with Gasteiger partial charge in [0.05, 0.1) is 5.69 Å². The minimum absolute atomic E-state index is 0.109. The summed E-state index contributed by atoms with van der Waals surface area (Å²) in [5.41, 5.74) is -3.38. The van der Waals surface area contributed by atoms with Gasteiger partial charge in [0.1, 0.15) is 22.3 Å². The minimum Gasteiger partial charge on any atom is -0.278 e. The molecule has 3 rings (SSSR count). The molecule has 0 radical (unpaired) electrons. The van der Waals surface area contributed by atoms with Gasteiger partial charge < -0.3 is 0 Å². The van der Waals surface area contributed by atoms with Crippen LogP contribution in [0.2, 0.25) is 0 Å². The topological polar surface area (TPSA) is 38.1 Å². The normalized spacial score (nSPS) is 11.6. The maximum Gasteiger partial charge on any atom is 0.437 e. The fourth-order valence-electron chi connectivity index (χ4n) is 2.56. The Morgan fingerprint density at radius 1 is 1.00 bits per heavy atom. The van der Waals surface area contributed by atoms with Crippen molar-refractivity contribution < 1.29 is 35.5 Å². The summed E-state index contributed by atoms with van der Waals surface area (Å²) < 4.78 is 95.8. The number of benzene rings is 2. The van der Waals surface area contributed by atoms with Gasteiger partial charge in [0.25, 0.3) is 0 Å². The van der Waals surface area contributed by atoms with Crippen LogP contribution in [0.5, 0.6) is 0 Å². The Kier molecular flexibility index (Phi) is 5.79. The molecule has 0 aliphatic carbocycles. The fraction of sp³-hybridized carbons (Fsp3) is 0.111. The number of amides is 1. The number of aromatic nitrogens is 2. The molecule has 12 heteroatoms. The largest absolute Gasteiger partial charge is 0.437 e. The van der Waals surface area contributed by atoms with Gasteiger partial charge in [-0.1, -0.05) is 11.8 Å². The number of rotatable bonds is 5. The van der Waals surface area contributed by atoms with Gasteiger partial charge in [0, 0.05) is 24.1 Å². The molecule has 30 heavy (non-hydrogen) atoms. The summed E-state index contributed by atoms with van der Waals surface area (Å²) >= 11 is 0.681. The van der Waals surface area contributed by atoms with Gasteiger partial charge in [-0.2, -0.15) is 18.3 Å². The summed E-state index contributed by atoms with van der Waals surface area (Å²) in [7, 11) is 1.15. The van der Waals surface area contributed by atoms with Crippen molar-refractivity contribution in [3.63, 3.8) is 0 Å². The Bertz CT molecular complexity index is 1100. The van der Waals surface area contributed by atoms with E-state index in [-0.39, 0.29) is 33.4 Å². The average molecular weight is 449 g/mol. The zero-order valence-electron chi connectivity index (χ0n) is 14.8. The second-order valence-electron chi connectivity index (χ2n) is 5.87. The van der Waals surface area contributed by atoms with E-state index >= 15 is 0 Å². The number of carbonyl (C=O) groups is 1. The zero-order chi connectivity index (χ0) is 22.2. The molecule has 0 aliphatic rings. The van der Waals surface area contributed by atoms with Gasteiger partial charge in [0.2, 0.25) is 6.41 Å². The first-order valence-corrected chi connectivity index (χ1v) is 8.81. The van der Waals surface area contributed by atoms with E-state index < -0.39 is 46.5 Å². The van der Waals surface area contributed by atoms with Crippen LogP contribution in [0.25, 0.3) is 0 Å². The smallest absolute Gasteiger partial charge is 0.278 e. The molecule has 0 atom stereocenters. The monoisotopic (exact) mass is 449 g/mol. The second-order valence-corrected chi connectivity index (χ2v) is 6.94. The molecule has 1 heterocycles. The molecule has 4 nitrogen and oxygen atoms in total. The van der Waals surface area contributed by atoms with Crippen LogP contribution >= 0.6 is 11.8 Å². The van der Waals surface area contributed by atoms with Crippen LogP contribution in [0.3, 0.4) is 0 Å². The van der Waals surface area contributed by atoms with Gasteiger partial charge in [-0.25, -0.2) is 17.6 Å². The fourth-order valence-corrected chi connectivity index (χ4v) is 3.52. The van der Waals surface area contributed by atoms with Crippen LogP contribution in [-0.4, -0.2) is 16.2 Å². The Labute approximate surface area is 168 Å². The second kappa shape index (κ2) is 8.01. The van der Waals surface area contributed by atoms with Gasteiger partial charge in [0.15, 0.2) is 17.3 Å². The third-order valence-corrected chi connectivity index (χ3v) is 5.02. The minimum atomic E-state index is -5.06. The number of halogens is 7. The highest BCUT2D eigenvalue weighted by molar-refractivity contribution is 7.99. The van der Waals surface area contributed by atoms with Crippen LogP contribution in [0.1, 0.15) is 5.69 Å². The summed E-state index contributed by atoms with van der Waals surface area (Å²) in [6.45, 7) is 0. The molecule has 0 fully saturated rings. The van der Waals surface area contributed by atoms with Crippen LogP contribution < -0.4 is 4.90 Å². The predicted molar refractivity (Wildman–Crippen MR) is 93.3 cm³/mol. The lowest BCUT2D eigenvalue weighted by Gasteiger charge is -2.20. The third kappa shape index (κ3) is 4.13. The molecule has 0 N–H and O–H groups in total. The maximum atomic E-state index is 14.2. The molecule has 0 unspecified atom stereocenters. The molecular formula is C18H10F7N3OS. The molecule has 3 aromatic rings. The first-order valence-electron chi connectivity index (χ1n) is 7.99. The lowest BCUT2D eigenvalue weighted by molar-refractivity contribution is -0.140. The van der Waals surface area contributed by atoms with Crippen molar-refractivity contribution in [2.24, 2.45) is 7.05 Å². The first kappa shape index (κ1) is 21.7. The van der Waals surface area contributed by atoms with Crippen molar-refractivity contribution in [3.8, 4) is 0 Å². The number of hydrogen-bond donors (Lipinski definition) is 0. The Balaban J connectivity index is 2.23. The molecule has 1 aromatic heterocycles. The van der Waals surface area contributed by atoms with Crippen LogP contribution in [-0.2, 0) is 18.0 Å². The molecule has 0 aliphatic heterocycles. The molecule has 0 saturated heterocycles. The number of hydrogen-bond acceptors (Lipinski definition) is 3. The number of anilines is 2. The maximum absolute atomic E-state index is 14.2. The molecule has 1 amide bonds. The van der Waals surface area contributed by atoms with E-state index in [1.807, 2.05) is 0 Å². The molecule has 158 valence electrons. The molecule has 2 aromatic carbocycles. The summed E-state index contributed by atoms with van der Waals surface area (Å²) in [6, 6.07) is 5.04. The van der Waals surface area contributed by atoms with E-state index in [1.165, 1.54) is 12.1 Å². The predicted octanol–water partition coefficient (Wildman–Crippen LogP) is 5.44. The molecule has 0 spiro atoms. The van der Waals surface area contributed by atoms with Crippen molar-refractivity contribution >= 4 is 29.5 Å². The molecule has 0 bridgehead atoms. The van der Waals surface area contributed by atoms with E-state index in [4.69, 9.17) is 0 Å². The van der Waals surface area contributed by atoms with Crippen molar-refractivity contribution in [2.75, 3.05) is 4.90 Å². The summed E-state index contributed by atoms with van der Waals surface area (Å²) in [6.07, 6.45) is -5.23. The third-order valence-electron chi connectivity index (χ3n) is 3.86. The van der Waals surface area contributed by atoms with E-state index in [0.717, 1.165) is 23.9 Å². The number of nitrogens with zero attached hydrogens (tertiary/aromatic N) is 3. The summed E-state index contributed by atoms with van der Waals surface area (Å²) in [4.78, 5) is 12.1. The lowest BCUT2D eigenvalue weighted by Crippen LogP contribution is -2.20. The standard InChI is InChI=1S/C18H10F7N3OS/c1-27-17(30-10-4-2-9(19)3-5-10)15(16(26-27)18(23,24)25)28(8-29)14-7-12(21)11(20)6-13(14)22/h2-8H,1H3. The SMILES string of the molecule is Cn1nc(C(F)(F)F)c(N(C=O)c2cc(F)c(F)cc2F)c1Sc1ccc(F)cc1. The van der Waals surface area contributed by atoms with E-state index in [2.05, 4.69) is 5.10 Å². The molecule has 0 saturated carbocycles. The van der Waals surface area contributed by atoms with Crippen molar-refractivity contribution in [1.29, 1.82) is 0 Å². The zero-order valence-corrected chi connectivity index (χ0v) is 15.7. The van der Waals surface area contributed by atoms with E-state index in [0.29, 0.717) is 11.8 Å². The number of carbonyl (C=O) groups excluding carboxylic acids is 1. The highest BCUT2D eigenvalue weighted by Gasteiger charge is 2.42. The van der Waals surface area contributed by atoms with Crippen molar-refractivity contribution in [2.45, 2.75) is 16.1 Å². The van der Waals surface area contributed by atoms with Crippen LogP contribution in [0.15, 0.2) is 46.3 Å². The van der Waals surface area contributed by atoms with Gasteiger partial charge in [-0.3, -0.25) is 14.4 Å². The van der Waals surface area contributed by atoms with Crippen LogP contribution in [0.4, 0.5) is 42.1 Å². The van der Waals surface area contributed by atoms with E-state index in [1.54, 1.807) is 0 Å². The highest BCUT2D eigenvalue weighted by atomic mass is 32.2. The average Bonchev–Trinajstić information content (AvgIpc) is 2.99. The lowest BCUT2D eigenvalue weighted by atomic mass is 10.2. The summed E-state index contributed by atoms with van der Waals surface area (Å²) in [5.74, 6) is -5.19. The highest BCUT2D eigenvalue weighted by Crippen LogP contribution is 2.45. The number of alkyl halides is 3. The van der Waals surface area contributed by atoms with Gasteiger partial charge in [-0.15, -0.1) is 0 Å². The molecular weight excluding hydrogens is 439 g/mol. The first-order chi connectivity index (χ1) is 14.0. The Morgan fingerprint density at radius 2 is 1.60 bits per heavy atom. The van der Waals surface area contributed by atoms with Crippen molar-refractivity contribution in [3.05, 3.63) is 65.4 Å². The van der Waals surface area contributed by atoms with Crippen molar-refractivity contribution in [1.82, 2.24) is 9.78 Å². The van der Waals surface area contributed by atoms with E-state index in [9.17, 15) is 35.5 Å². The van der Waals surface area contributed by atoms with Crippen LogP contribution in [0, 0.1) is 23.3 Å². The number of aryl methyl sites for hydroxylation is 1.